The summed E-state index contributed by atoms with van der Waals surface area (Å²) >= 11 is 14.2. The van der Waals surface area contributed by atoms with E-state index in [9.17, 15) is 4.79 Å². The zero-order chi connectivity index (χ0) is 18.9. The average molecular weight is 452 g/mol. The Morgan fingerprint density at radius 3 is 2.54 bits per heavy atom. The number of alkyl halides is 1. The highest BCUT2D eigenvalue weighted by Crippen LogP contribution is 2.27. The monoisotopic (exact) mass is 450 g/mol. The van der Waals surface area contributed by atoms with Gasteiger partial charge in [0.2, 0.25) is 0 Å². The molecule has 0 atom stereocenters. The number of carbonyl (C=O) groups is 1. The molecule has 0 saturated heterocycles. The summed E-state index contributed by atoms with van der Waals surface area (Å²) < 4.78 is 6.79. The van der Waals surface area contributed by atoms with Gasteiger partial charge < -0.3 is 4.74 Å². The molecular formula is C21H17BrCl2O2. The zero-order valence-electron chi connectivity index (χ0n) is 14.1. The molecule has 0 fully saturated rings. The van der Waals surface area contributed by atoms with Gasteiger partial charge in [-0.3, -0.25) is 4.79 Å². The maximum atomic E-state index is 12.7. The standard InChI is InChI=1S/C20H14BrClO2.CH3Cl/c21-15-9-11-16(12-10-15)24-17-6-4-5-14(13-17)20(23)18-7-2-1-3-8-19(18)22;1-2/h1,3-13H,2H2;1H3. The van der Waals surface area contributed by atoms with Crippen LogP contribution in [0.5, 0.6) is 11.5 Å². The number of carbonyl (C=O) groups excluding carboxylic acids is 1. The summed E-state index contributed by atoms with van der Waals surface area (Å²) in [5.74, 6) is 1.20. The number of rotatable bonds is 4. The second kappa shape index (κ2) is 10.4. The predicted molar refractivity (Wildman–Crippen MR) is 113 cm³/mol. The summed E-state index contributed by atoms with van der Waals surface area (Å²) in [7, 11) is 0. The summed E-state index contributed by atoms with van der Waals surface area (Å²) in [6.45, 7) is 0. The molecule has 26 heavy (non-hydrogen) atoms. The summed E-state index contributed by atoms with van der Waals surface area (Å²) in [6, 6.07) is 14.6. The van der Waals surface area contributed by atoms with Crippen LogP contribution in [0.1, 0.15) is 16.8 Å². The number of hydrogen-bond donors (Lipinski definition) is 0. The third-order valence-corrected chi connectivity index (χ3v) is 4.34. The highest BCUT2D eigenvalue weighted by molar-refractivity contribution is 9.10. The average Bonchev–Trinajstić information content (AvgIpc) is 2.89. The Labute approximate surface area is 171 Å². The smallest absolute Gasteiger partial charge is 0.194 e. The minimum Gasteiger partial charge on any atom is -0.457 e. The molecule has 0 spiro atoms. The van der Waals surface area contributed by atoms with Crippen LogP contribution >= 0.6 is 39.1 Å². The van der Waals surface area contributed by atoms with Crippen LogP contribution < -0.4 is 4.74 Å². The number of ether oxygens (including phenoxy) is 1. The Bertz CT molecular complexity index is 853. The molecule has 0 aromatic heterocycles. The molecular weight excluding hydrogens is 435 g/mol. The van der Waals surface area contributed by atoms with E-state index >= 15 is 0 Å². The Balaban J connectivity index is 0.00000117. The molecule has 0 radical (unpaired) electrons. The quantitative estimate of drug-likeness (QED) is 0.360. The van der Waals surface area contributed by atoms with Crippen molar-refractivity contribution in [3.05, 3.63) is 93.5 Å². The molecule has 0 unspecified atom stereocenters. The maximum absolute atomic E-state index is 12.7. The molecule has 134 valence electrons. The van der Waals surface area contributed by atoms with Crippen LogP contribution in [-0.2, 0) is 0 Å². The summed E-state index contributed by atoms with van der Waals surface area (Å²) in [5, 5.41) is 0.452. The van der Waals surface area contributed by atoms with Crippen LogP contribution in [0, 0.1) is 0 Å². The van der Waals surface area contributed by atoms with Gasteiger partial charge in [0.25, 0.3) is 0 Å². The van der Waals surface area contributed by atoms with E-state index in [0.29, 0.717) is 34.1 Å². The van der Waals surface area contributed by atoms with Crippen molar-refractivity contribution in [1.82, 2.24) is 0 Å². The molecule has 0 N–H and O–H groups in total. The van der Waals surface area contributed by atoms with E-state index in [4.69, 9.17) is 16.3 Å². The zero-order valence-corrected chi connectivity index (χ0v) is 17.2. The van der Waals surface area contributed by atoms with E-state index < -0.39 is 0 Å². The van der Waals surface area contributed by atoms with Crippen molar-refractivity contribution < 1.29 is 9.53 Å². The second-order valence-corrected chi connectivity index (χ2v) is 6.53. The largest absolute Gasteiger partial charge is 0.457 e. The van der Waals surface area contributed by atoms with Gasteiger partial charge in [-0.15, -0.1) is 11.6 Å². The molecule has 3 rings (SSSR count). The van der Waals surface area contributed by atoms with Crippen molar-refractivity contribution in [2.45, 2.75) is 6.42 Å². The van der Waals surface area contributed by atoms with Crippen LogP contribution in [0.2, 0.25) is 0 Å². The Morgan fingerprint density at radius 2 is 1.81 bits per heavy atom. The Hall–Kier alpha value is -1.81. The van der Waals surface area contributed by atoms with Gasteiger partial charge in [-0.1, -0.05) is 57.9 Å². The van der Waals surface area contributed by atoms with Gasteiger partial charge in [0.05, 0.1) is 5.03 Å². The Morgan fingerprint density at radius 1 is 1.08 bits per heavy atom. The number of hydrogen-bond acceptors (Lipinski definition) is 2. The first-order chi connectivity index (χ1) is 12.6. The normalized spacial score (nSPS) is 12.9. The first-order valence-corrected chi connectivity index (χ1v) is 9.75. The third kappa shape index (κ3) is 5.60. The molecule has 2 nitrogen and oxygen atoms in total. The van der Waals surface area contributed by atoms with Gasteiger partial charge in [0, 0.05) is 22.0 Å². The number of allylic oxidation sites excluding steroid dienone is 6. The van der Waals surface area contributed by atoms with Crippen molar-refractivity contribution in [3.8, 4) is 11.5 Å². The van der Waals surface area contributed by atoms with E-state index in [-0.39, 0.29) is 5.78 Å². The minimum atomic E-state index is -0.110. The van der Waals surface area contributed by atoms with Gasteiger partial charge in [0.1, 0.15) is 11.5 Å². The van der Waals surface area contributed by atoms with E-state index in [0.717, 1.165) is 4.47 Å². The van der Waals surface area contributed by atoms with Gasteiger partial charge in [-0.05, 0) is 48.9 Å². The molecule has 1 aliphatic carbocycles. The van der Waals surface area contributed by atoms with Crippen LogP contribution in [0.15, 0.2) is 87.9 Å². The first kappa shape index (κ1) is 20.5. The number of Topliss-reactive ketones (excluding diaryl/α,β-unsaturated/α-hetero) is 1. The highest BCUT2D eigenvalue weighted by atomic mass is 79.9. The van der Waals surface area contributed by atoms with Crippen molar-refractivity contribution in [1.29, 1.82) is 0 Å². The van der Waals surface area contributed by atoms with Crippen LogP contribution in [0.4, 0.5) is 0 Å². The fraction of sp³-hybridized carbons (Fsp3) is 0.0952. The molecule has 5 heteroatoms. The molecule has 0 amide bonds. The molecule has 0 heterocycles. The lowest BCUT2D eigenvalue weighted by Crippen LogP contribution is -2.04. The minimum absolute atomic E-state index is 0.110. The number of benzene rings is 2. The fourth-order valence-corrected chi connectivity index (χ4v) is 2.80. The lowest BCUT2D eigenvalue weighted by Gasteiger charge is -2.09. The van der Waals surface area contributed by atoms with Crippen LogP contribution in [-0.4, -0.2) is 12.2 Å². The van der Waals surface area contributed by atoms with Gasteiger partial charge in [-0.2, -0.15) is 0 Å². The topological polar surface area (TPSA) is 26.3 Å². The predicted octanol–water partition coefficient (Wildman–Crippen LogP) is 7.29. The van der Waals surface area contributed by atoms with Crippen LogP contribution in [0.25, 0.3) is 0 Å². The molecule has 2 aromatic rings. The van der Waals surface area contributed by atoms with E-state index in [1.165, 1.54) is 6.38 Å². The summed E-state index contributed by atoms with van der Waals surface area (Å²) in [6.07, 6.45) is 9.54. The molecule has 0 aliphatic heterocycles. The maximum Gasteiger partial charge on any atom is 0.194 e. The Kier molecular flexibility index (Phi) is 8.17. The van der Waals surface area contributed by atoms with Crippen molar-refractivity contribution in [2.75, 3.05) is 6.38 Å². The summed E-state index contributed by atoms with van der Waals surface area (Å²) in [5.41, 5.74) is 1.06. The van der Waals surface area contributed by atoms with Crippen molar-refractivity contribution >= 4 is 44.9 Å². The molecule has 0 bridgehead atoms. The van der Waals surface area contributed by atoms with Crippen molar-refractivity contribution in [3.63, 3.8) is 0 Å². The molecule has 0 saturated carbocycles. The number of ketones is 1. The first-order valence-electron chi connectivity index (χ1n) is 7.82. The summed E-state index contributed by atoms with van der Waals surface area (Å²) in [4.78, 5) is 12.7. The molecule has 2 aromatic carbocycles. The van der Waals surface area contributed by atoms with Gasteiger partial charge in [0.15, 0.2) is 5.78 Å². The second-order valence-electron chi connectivity index (χ2n) is 5.21. The number of halogens is 3. The lowest BCUT2D eigenvalue weighted by molar-refractivity contribution is 0.103. The van der Waals surface area contributed by atoms with E-state index in [1.54, 1.807) is 24.3 Å². The molecule has 1 aliphatic rings. The van der Waals surface area contributed by atoms with E-state index in [2.05, 4.69) is 27.5 Å². The lowest BCUT2D eigenvalue weighted by atomic mass is 10.0. The van der Waals surface area contributed by atoms with Crippen molar-refractivity contribution in [2.24, 2.45) is 0 Å². The fourth-order valence-electron chi connectivity index (χ4n) is 2.30. The van der Waals surface area contributed by atoms with E-state index in [1.807, 2.05) is 48.6 Å². The third-order valence-electron chi connectivity index (χ3n) is 3.48. The van der Waals surface area contributed by atoms with Gasteiger partial charge >= 0.3 is 0 Å². The SMILES string of the molecule is CCl.O=C(C1=CCC=CC=C1Cl)c1cccc(Oc2ccc(Br)cc2)c1. The highest BCUT2D eigenvalue weighted by Gasteiger charge is 2.16. The van der Waals surface area contributed by atoms with Crippen LogP contribution in [0.3, 0.4) is 0 Å². The van der Waals surface area contributed by atoms with Gasteiger partial charge in [-0.25, -0.2) is 0 Å².